The van der Waals surface area contributed by atoms with Gasteiger partial charge in [0.15, 0.2) is 0 Å². The summed E-state index contributed by atoms with van der Waals surface area (Å²) in [6.07, 6.45) is 5.42. The predicted octanol–water partition coefficient (Wildman–Crippen LogP) is 1.49. The van der Waals surface area contributed by atoms with Gasteiger partial charge in [0.1, 0.15) is 0 Å². The lowest BCUT2D eigenvalue weighted by molar-refractivity contribution is 0.190. The second kappa shape index (κ2) is 8.37. The van der Waals surface area contributed by atoms with E-state index in [2.05, 4.69) is 6.26 Å². The van der Waals surface area contributed by atoms with Crippen molar-refractivity contribution >= 4 is 11.8 Å². The molecule has 0 fully saturated rings. The summed E-state index contributed by atoms with van der Waals surface area (Å²) in [5.74, 6) is 1.17. The Labute approximate surface area is 73.9 Å². The first-order chi connectivity index (χ1) is 5.31. The highest BCUT2D eigenvalue weighted by molar-refractivity contribution is 7.98. The largest absolute Gasteiger partial charge is 0.385 e. The molecule has 0 saturated carbocycles. The summed E-state index contributed by atoms with van der Waals surface area (Å²) in [5.41, 5.74) is 5.83. The summed E-state index contributed by atoms with van der Waals surface area (Å²) >= 11 is 1.86. The number of methoxy groups -OCH3 is 1. The van der Waals surface area contributed by atoms with E-state index >= 15 is 0 Å². The van der Waals surface area contributed by atoms with Gasteiger partial charge in [-0.15, -0.1) is 0 Å². The lowest BCUT2D eigenvalue weighted by Gasteiger charge is -2.09. The van der Waals surface area contributed by atoms with Gasteiger partial charge in [0, 0.05) is 19.8 Å². The molecule has 11 heavy (non-hydrogen) atoms. The molecule has 0 aliphatic rings. The summed E-state index contributed by atoms with van der Waals surface area (Å²) in [5, 5.41) is 0. The molecule has 1 atom stereocenters. The second-order valence-electron chi connectivity index (χ2n) is 2.68. The van der Waals surface area contributed by atoms with Gasteiger partial charge in [0.2, 0.25) is 0 Å². The lowest BCUT2D eigenvalue weighted by Crippen LogP contribution is -2.20. The molecule has 1 unspecified atom stereocenters. The van der Waals surface area contributed by atoms with Gasteiger partial charge < -0.3 is 10.5 Å². The smallest absolute Gasteiger partial charge is 0.0462 e. The first-order valence-electron chi connectivity index (χ1n) is 4.04. The SMILES string of the molecule is COCCCC(N)CCSC. The third-order valence-corrected chi connectivity index (χ3v) is 2.26. The molecule has 0 aromatic rings. The van der Waals surface area contributed by atoms with Crippen LogP contribution in [0.2, 0.25) is 0 Å². The zero-order valence-electron chi connectivity index (χ0n) is 7.51. The molecule has 68 valence electrons. The van der Waals surface area contributed by atoms with Crippen LogP contribution < -0.4 is 5.73 Å². The maximum atomic E-state index is 5.83. The molecular formula is C8H19NOS. The Hall–Kier alpha value is 0.270. The van der Waals surface area contributed by atoms with Crippen LogP contribution in [0.25, 0.3) is 0 Å². The van der Waals surface area contributed by atoms with Crippen LogP contribution in [0, 0.1) is 0 Å². The van der Waals surface area contributed by atoms with E-state index in [0.717, 1.165) is 25.9 Å². The van der Waals surface area contributed by atoms with Crippen LogP contribution >= 0.6 is 11.8 Å². The topological polar surface area (TPSA) is 35.2 Å². The molecule has 0 radical (unpaired) electrons. The summed E-state index contributed by atoms with van der Waals surface area (Å²) in [7, 11) is 1.73. The van der Waals surface area contributed by atoms with E-state index < -0.39 is 0 Å². The average molecular weight is 177 g/mol. The fourth-order valence-corrected chi connectivity index (χ4v) is 1.44. The van der Waals surface area contributed by atoms with Crippen LogP contribution in [-0.4, -0.2) is 31.8 Å². The van der Waals surface area contributed by atoms with E-state index in [9.17, 15) is 0 Å². The molecular weight excluding hydrogens is 158 g/mol. The molecule has 0 aromatic carbocycles. The van der Waals surface area contributed by atoms with E-state index in [0.29, 0.717) is 6.04 Å². The highest BCUT2D eigenvalue weighted by atomic mass is 32.2. The third-order valence-electron chi connectivity index (χ3n) is 1.62. The van der Waals surface area contributed by atoms with E-state index in [1.807, 2.05) is 11.8 Å². The first-order valence-corrected chi connectivity index (χ1v) is 5.44. The molecule has 0 rings (SSSR count). The van der Waals surface area contributed by atoms with Crippen LogP contribution in [-0.2, 0) is 4.74 Å². The Morgan fingerprint density at radius 1 is 1.45 bits per heavy atom. The Morgan fingerprint density at radius 3 is 2.73 bits per heavy atom. The van der Waals surface area contributed by atoms with Gasteiger partial charge in [-0.2, -0.15) is 11.8 Å². The minimum Gasteiger partial charge on any atom is -0.385 e. The molecule has 0 spiro atoms. The number of thioether (sulfide) groups is 1. The number of ether oxygens (including phenoxy) is 1. The molecule has 0 bridgehead atoms. The van der Waals surface area contributed by atoms with Gasteiger partial charge in [0.25, 0.3) is 0 Å². The normalized spacial score (nSPS) is 13.4. The highest BCUT2D eigenvalue weighted by Gasteiger charge is 2.00. The van der Waals surface area contributed by atoms with E-state index in [-0.39, 0.29) is 0 Å². The Morgan fingerprint density at radius 2 is 2.18 bits per heavy atom. The minimum absolute atomic E-state index is 0.373. The Balaban J connectivity index is 3.02. The average Bonchev–Trinajstić information content (AvgIpc) is 2.01. The van der Waals surface area contributed by atoms with Crippen molar-refractivity contribution in [3.05, 3.63) is 0 Å². The van der Waals surface area contributed by atoms with Crippen molar-refractivity contribution in [2.24, 2.45) is 5.73 Å². The summed E-state index contributed by atoms with van der Waals surface area (Å²) in [4.78, 5) is 0. The number of rotatable bonds is 7. The standard InChI is InChI=1S/C8H19NOS/c1-10-6-3-4-8(9)5-7-11-2/h8H,3-7,9H2,1-2H3. The second-order valence-corrected chi connectivity index (χ2v) is 3.66. The van der Waals surface area contributed by atoms with Crippen molar-refractivity contribution in [3.8, 4) is 0 Å². The molecule has 3 heteroatoms. The fraction of sp³-hybridized carbons (Fsp3) is 1.00. The Kier molecular flexibility index (Phi) is 8.57. The molecule has 2 N–H and O–H groups in total. The molecule has 0 aliphatic heterocycles. The van der Waals surface area contributed by atoms with Crippen LogP contribution in [0.5, 0.6) is 0 Å². The van der Waals surface area contributed by atoms with Crippen LogP contribution in [0.1, 0.15) is 19.3 Å². The number of nitrogens with two attached hydrogens (primary N) is 1. The quantitative estimate of drug-likeness (QED) is 0.598. The van der Waals surface area contributed by atoms with Gasteiger partial charge in [-0.1, -0.05) is 0 Å². The monoisotopic (exact) mass is 177 g/mol. The maximum Gasteiger partial charge on any atom is 0.0462 e. The van der Waals surface area contributed by atoms with Crippen molar-refractivity contribution in [2.45, 2.75) is 25.3 Å². The third kappa shape index (κ3) is 8.17. The molecule has 0 aromatic heterocycles. The van der Waals surface area contributed by atoms with Crippen molar-refractivity contribution in [2.75, 3.05) is 25.7 Å². The maximum absolute atomic E-state index is 5.83. The summed E-state index contributed by atoms with van der Waals surface area (Å²) < 4.78 is 4.94. The Bertz CT molecular complexity index is 80.5. The molecule has 0 aliphatic carbocycles. The minimum atomic E-state index is 0.373. The molecule has 0 saturated heterocycles. The van der Waals surface area contributed by atoms with Crippen molar-refractivity contribution < 1.29 is 4.74 Å². The number of hydrogen-bond donors (Lipinski definition) is 1. The van der Waals surface area contributed by atoms with Crippen LogP contribution in [0.4, 0.5) is 0 Å². The van der Waals surface area contributed by atoms with Crippen molar-refractivity contribution in [1.29, 1.82) is 0 Å². The molecule has 2 nitrogen and oxygen atoms in total. The zero-order chi connectivity index (χ0) is 8.53. The van der Waals surface area contributed by atoms with Crippen molar-refractivity contribution in [1.82, 2.24) is 0 Å². The van der Waals surface area contributed by atoms with Gasteiger partial charge in [-0.3, -0.25) is 0 Å². The van der Waals surface area contributed by atoms with Crippen molar-refractivity contribution in [3.63, 3.8) is 0 Å². The van der Waals surface area contributed by atoms with Gasteiger partial charge in [-0.05, 0) is 31.3 Å². The van der Waals surface area contributed by atoms with Crippen LogP contribution in [0.15, 0.2) is 0 Å². The zero-order valence-corrected chi connectivity index (χ0v) is 8.32. The van der Waals surface area contributed by atoms with E-state index in [1.54, 1.807) is 7.11 Å². The van der Waals surface area contributed by atoms with Gasteiger partial charge in [0.05, 0.1) is 0 Å². The van der Waals surface area contributed by atoms with E-state index in [4.69, 9.17) is 10.5 Å². The summed E-state index contributed by atoms with van der Waals surface area (Å²) in [6, 6.07) is 0.373. The summed E-state index contributed by atoms with van der Waals surface area (Å²) in [6.45, 7) is 0.840. The van der Waals surface area contributed by atoms with Gasteiger partial charge >= 0.3 is 0 Å². The fourth-order valence-electron chi connectivity index (χ4n) is 0.903. The molecule has 0 amide bonds. The predicted molar refractivity (Wildman–Crippen MR) is 52.1 cm³/mol. The van der Waals surface area contributed by atoms with Gasteiger partial charge in [-0.25, -0.2) is 0 Å². The first kappa shape index (κ1) is 11.3. The van der Waals surface area contributed by atoms with Crippen LogP contribution in [0.3, 0.4) is 0 Å². The highest BCUT2D eigenvalue weighted by Crippen LogP contribution is 2.03. The lowest BCUT2D eigenvalue weighted by atomic mass is 10.1. The van der Waals surface area contributed by atoms with E-state index in [1.165, 1.54) is 5.75 Å². The molecule has 0 heterocycles. The number of hydrogen-bond acceptors (Lipinski definition) is 3.